The van der Waals surface area contributed by atoms with Crippen LogP contribution in [0.1, 0.15) is 5.56 Å². The predicted octanol–water partition coefficient (Wildman–Crippen LogP) is 1.15. The summed E-state index contributed by atoms with van der Waals surface area (Å²) >= 11 is 0. The second-order valence-corrected chi connectivity index (χ2v) is 2.45. The molecule has 5 heteroatoms. The summed E-state index contributed by atoms with van der Waals surface area (Å²) in [6, 6.07) is 6.98. The molecule has 0 aliphatic heterocycles. The van der Waals surface area contributed by atoms with Crippen molar-refractivity contribution in [2.75, 3.05) is 0 Å². The summed E-state index contributed by atoms with van der Waals surface area (Å²) in [5.41, 5.74) is 1.68. The minimum atomic E-state index is -0.250. The molecule has 0 saturated heterocycles. The van der Waals surface area contributed by atoms with Crippen molar-refractivity contribution < 1.29 is 0 Å². The van der Waals surface area contributed by atoms with Gasteiger partial charge in [0.25, 0.3) is 0 Å². The van der Waals surface area contributed by atoms with Crippen LogP contribution in [0.5, 0.6) is 0 Å². The maximum Gasteiger partial charge on any atom is 0.323 e. The number of nitriles is 1. The molecule has 0 saturated carbocycles. The Balaban J connectivity index is 0.000000845. The molecule has 2 rings (SSSR count). The molecule has 2 N–H and O–H groups in total. The normalized spacial score (nSPS) is 9.15. The smallest absolute Gasteiger partial charge is 0.306 e. The highest BCUT2D eigenvalue weighted by Gasteiger charge is 1.97. The highest BCUT2D eigenvalue weighted by Crippen LogP contribution is 2.08. The molecule has 1 aromatic carbocycles. The number of benzene rings is 1. The van der Waals surface area contributed by atoms with Gasteiger partial charge in [-0.15, -0.1) is 12.4 Å². The van der Waals surface area contributed by atoms with Gasteiger partial charge in [0.05, 0.1) is 22.7 Å². The van der Waals surface area contributed by atoms with E-state index in [1.54, 1.807) is 18.2 Å². The summed E-state index contributed by atoms with van der Waals surface area (Å²) in [4.78, 5) is 16.0. The Labute approximate surface area is 79.6 Å². The summed E-state index contributed by atoms with van der Waals surface area (Å²) < 4.78 is 0. The first-order valence-corrected chi connectivity index (χ1v) is 3.42. The number of aromatic nitrogens is 2. The SMILES string of the molecule is Cl.N#Cc1ccc2[nH]c(=O)[nH]c2c1. The Morgan fingerprint density at radius 3 is 2.62 bits per heavy atom. The summed E-state index contributed by atoms with van der Waals surface area (Å²) in [6.07, 6.45) is 0. The van der Waals surface area contributed by atoms with E-state index in [9.17, 15) is 4.79 Å². The van der Waals surface area contributed by atoms with Crippen LogP contribution in [0, 0.1) is 11.3 Å². The highest BCUT2D eigenvalue weighted by molar-refractivity contribution is 5.85. The Morgan fingerprint density at radius 1 is 1.23 bits per heavy atom. The predicted molar refractivity (Wildman–Crippen MR) is 50.9 cm³/mol. The van der Waals surface area contributed by atoms with Gasteiger partial charge in [-0.05, 0) is 18.2 Å². The van der Waals surface area contributed by atoms with E-state index in [0.29, 0.717) is 11.1 Å². The van der Waals surface area contributed by atoms with Gasteiger partial charge in [-0.3, -0.25) is 0 Å². The number of halogens is 1. The molecule has 0 fully saturated rings. The van der Waals surface area contributed by atoms with E-state index >= 15 is 0 Å². The maximum absolute atomic E-state index is 10.8. The molecule has 4 nitrogen and oxygen atoms in total. The number of nitrogens with one attached hydrogen (secondary N) is 2. The largest absolute Gasteiger partial charge is 0.323 e. The van der Waals surface area contributed by atoms with Gasteiger partial charge in [-0.25, -0.2) is 4.79 Å². The van der Waals surface area contributed by atoms with Crippen molar-refractivity contribution in [3.63, 3.8) is 0 Å². The second kappa shape index (κ2) is 3.33. The standard InChI is InChI=1S/C8H5N3O.ClH/c9-4-5-1-2-6-7(3-5)11-8(12)10-6;/h1-3H,(H2,10,11,12);1H. The Bertz CT molecular complexity index is 520. The van der Waals surface area contributed by atoms with Crippen molar-refractivity contribution in [1.29, 1.82) is 5.26 Å². The fourth-order valence-corrected chi connectivity index (χ4v) is 1.10. The van der Waals surface area contributed by atoms with E-state index in [-0.39, 0.29) is 18.1 Å². The van der Waals surface area contributed by atoms with Gasteiger partial charge in [-0.2, -0.15) is 5.26 Å². The molecular formula is C8H6ClN3O. The van der Waals surface area contributed by atoms with Crippen LogP contribution in [0.2, 0.25) is 0 Å². The molecule has 0 bridgehead atoms. The Hall–Kier alpha value is -1.73. The summed E-state index contributed by atoms with van der Waals surface area (Å²) in [5.74, 6) is 0. The van der Waals surface area contributed by atoms with Gasteiger partial charge in [0, 0.05) is 0 Å². The monoisotopic (exact) mass is 195 g/mol. The number of H-pyrrole nitrogens is 2. The molecule has 2 aromatic rings. The highest BCUT2D eigenvalue weighted by atomic mass is 35.5. The molecule has 0 amide bonds. The molecule has 66 valence electrons. The lowest BCUT2D eigenvalue weighted by atomic mass is 10.2. The summed E-state index contributed by atoms with van der Waals surface area (Å²) in [6.45, 7) is 0. The van der Waals surface area contributed by atoms with Crippen molar-refractivity contribution >= 4 is 23.4 Å². The molecule has 0 aliphatic carbocycles. The molecule has 1 heterocycles. The first-order valence-electron chi connectivity index (χ1n) is 3.42. The Morgan fingerprint density at radius 2 is 1.92 bits per heavy atom. The van der Waals surface area contributed by atoms with Crippen LogP contribution in [0.25, 0.3) is 11.0 Å². The van der Waals surface area contributed by atoms with Gasteiger partial charge < -0.3 is 9.97 Å². The van der Waals surface area contributed by atoms with E-state index in [1.165, 1.54) is 0 Å². The minimum Gasteiger partial charge on any atom is -0.306 e. The fourth-order valence-electron chi connectivity index (χ4n) is 1.10. The number of hydrogen-bond acceptors (Lipinski definition) is 2. The first-order chi connectivity index (χ1) is 5.79. The average molecular weight is 196 g/mol. The molecular weight excluding hydrogens is 190 g/mol. The fraction of sp³-hybridized carbons (Fsp3) is 0. The van der Waals surface area contributed by atoms with Crippen LogP contribution in [0.15, 0.2) is 23.0 Å². The molecule has 0 aliphatic rings. The van der Waals surface area contributed by atoms with E-state index in [4.69, 9.17) is 5.26 Å². The molecule has 0 atom stereocenters. The quantitative estimate of drug-likeness (QED) is 0.662. The first kappa shape index (κ1) is 9.36. The van der Waals surface area contributed by atoms with E-state index in [1.807, 2.05) is 6.07 Å². The van der Waals surface area contributed by atoms with Crippen molar-refractivity contribution in [2.45, 2.75) is 0 Å². The third-order valence-electron chi connectivity index (χ3n) is 1.65. The van der Waals surface area contributed by atoms with Gasteiger partial charge in [0.15, 0.2) is 0 Å². The van der Waals surface area contributed by atoms with E-state index < -0.39 is 0 Å². The number of aromatic amines is 2. The van der Waals surface area contributed by atoms with Crippen LogP contribution in [0.3, 0.4) is 0 Å². The number of imidazole rings is 1. The maximum atomic E-state index is 10.8. The minimum absolute atomic E-state index is 0. The van der Waals surface area contributed by atoms with Crippen LogP contribution in [-0.2, 0) is 0 Å². The number of fused-ring (bicyclic) bond motifs is 1. The second-order valence-electron chi connectivity index (χ2n) is 2.45. The van der Waals surface area contributed by atoms with E-state index in [2.05, 4.69) is 9.97 Å². The van der Waals surface area contributed by atoms with Crippen LogP contribution < -0.4 is 5.69 Å². The van der Waals surface area contributed by atoms with Crippen molar-refractivity contribution in [3.8, 4) is 6.07 Å². The Kier molecular flexibility index (Phi) is 2.40. The zero-order chi connectivity index (χ0) is 8.55. The third-order valence-corrected chi connectivity index (χ3v) is 1.65. The summed E-state index contributed by atoms with van der Waals surface area (Å²) in [5, 5.41) is 8.55. The molecule has 0 spiro atoms. The van der Waals surface area contributed by atoms with Gasteiger partial charge in [-0.1, -0.05) is 0 Å². The average Bonchev–Trinajstić information content (AvgIpc) is 2.43. The molecule has 13 heavy (non-hydrogen) atoms. The molecule has 0 radical (unpaired) electrons. The number of rotatable bonds is 0. The summed E-state index contributed by atoms with van der Waals surface area (Å²) in [7, 11) is 0. The zero-order valence-electron chi connectivity index (χ0n) is 6.50. The van der Waals surface area contributed by atoms with Crippen LogP contribution in [-0.4, -0.2) is 9.97 Å². The van der Waals surface area contributed by atoms with Crippen LogP contribution in [0.4, 0.5) is 0 Å². The molecule has 0 unspecified atom stereocenters. The van der Waals surface area contributed by atoms with Crippen molar-refractivity contribution in [3.05, 3.63) is 34.2 Å². The zero-order valence-corrected chi connectivity index (χ0v) is 7.31. The lowest BCUT2D eigenvalue weighted by Crippen LogP contribution is -1.99. The van der Waals surface area contributed by atoms with Crippen molar-refractivity contribution in [1.82, 2.24) is 9.97 Å². The number of hydrogen-bond donors (Lipinski definition) is 2. The molecule has 1 aromatic heterocycles. The van der Waals surface area contributed by atoms with Gasteiger partial charge in [0.1, 0.15) is 0 Å². The lowest BCUT2D eigenvalue weighted by Gasteiger charge is -1.87. The van der Waals surface area contributed by atoms with Gasteiger partial charge in [0.2, 0.25) is 0 Å². The topological polar surface area (TPSA) is 72.4 Å². The van der Waals surface area contributed by atoms with Crippen molar-refractivity contribution in [2.24, 2.45) is 0 Å². The number of nitrogens with zero attached hydrogens (tertiary/aromatic N) is 1. The van der Waals surface area contributed by atoms with Gasteiger partial charge >= 0.3 is 5.69 Å². The third kappa shape index (κ3) is 1.55. The lowest BCUT2D eigenvalue weighted by molar-refractivity contribution is 1.21. The van der Waals surface area contributed by atoms with Crippen LogP contribution >= 0.6 is 12.4 Å². The van der Waals surface area contributed by atoms with E-state index in [0.717, 1.165) is 5.52 Å².